The molecule has 0 bridgehead atoms. The lowest BCUT2D eigenvalue weighted by Gasteiger charge is -2.42. The van der Waals surface area contributed by atoms with Crippen molar-refractivity contribution in [3.8, 4) is 0 Å². The first-order chi connectivity index (χ1) is 8.90. The highest BCUT2D eigenvalue weighted by Crippen LogP contribution is 2.33. The molecular weight excluding hydrogens is 239 g/mol. The number of anilines is 1. The van der Waals surface area contributed by atoms with Gasteiger partial charge in [-0.15, -0.1) is 0 Å². The highest BCUT2D eigenvalue weighted by molar-refractivity contribution is 5.51. The predicted molar refractivity (Wildman–Crippen MR) is 78.8 cm³/mol. The van der Waals surface area contributed by atoms with Crippen LogP contribution in [-0.2, 0) is 0 Å². The fourth-order valence-electron chi connectivity index (χ4n) is 3.07. The van der Waals surface area contributed by atoms with Crippen LogP contribution in [0.25, 0.3) is 0 Å². The monoisotopic (exact) mass is 264 g/mol. The molecule has 0 aliphatic carbocycles. The van der Waals surface area contributed by atoms with Gasteiger partial charge in [-0.2, -0.15) is 0 Å². The van der Waals surface area contributed by atoms with Gasteiger partial charge in [0, 0.05) is 18.6 Å². The molecule has 0 aromatic heterocycles. The summed E-state index contributed by atoms with van der Waals surface area (Å²) in [6.07, 6.45) is 1.22. The standard InChI is InChI=1S/C16H25FN2/c1-10-7-11(2)13(4)19(9-10)16-6-5-14(12(3)18)8-15(16)17/h5-6,8,10-13H,7,9,18H2,1-4H3/t10?,11?,12-,13?/m1/s1. The molecule has 0 spiro atoms. The van der Waals surface area contributed by atoms with Crippen LogP contribution in [0.15, 0.2) is 18.2 Å². The average molecular weight is 264 g/mol. The second-order valence-electron chi connectivity index (χ2n) is 6.21. The van der Waals surface area contributed by atoms with Gasteiger partial charge in [-0.25, -0.2) is 4.39 Å². The number of hydrogen-bond donors (Lipinski definition) is 1. The molecule has 0 saturated carbocycles. The highest BCUT2D eigenvalue weighted by atomic mass is 19.1. The van der Waals surface area contributed by atoms with E-state index in [1.54, 1.807) is 6.07 Å². The van der Waals surface area contributed by atoms with Crippen molar-refractivity contribution in [2.24, 2.45) is 17.6 Å². The van der Waals surface area contributed by atoms with Crippen molar-refractivity contribution >= 4 is 5.69 Å². The number of piperidine rings is 1. The van der Waals surface area contributed by atoms with Crippen LogP contribution in [0, 0.1) is 17.7 Å². The van der Waals surface area contributed by atoms with Crippen LogP contribution in [0.4, 0.5) is 10.1 Å². The van der Waals surface area contributed by atoms with E-state index in [4.69, 9.17) is 5.73 Å². The van der Waals surface area contributed by atoms with Crippen molar-refractivity contribution in [1.29, 1.82) is 0 Å². The second-order valence-corrected chi connectivity index (χ2v) is 6.21. The Morgan fingerprint density at radius 2 is 2.00 bits per heavy atom. The molecule has 0 amide bonds. The second kappa shape index (κ2) is 5.49. The Morgan fingerprint density at radius 3 is 2.58 bits per heavy atom. The molecule has 1 aromatic rings. The molecule has 0 radical (unpaired) electrons. The first-order valence-electron chi connectivity index (χ1n) is 7.21. The predicted octanol–water partition coefficient (Wildman–Crippen LogP) is 3.72. The molecule has 106 valence electrons. The van der Waals surface area contributed by atoms with Gasteiger partial charge in [-0.05, 0) is 49.8 Å². The average Bonchev–Trinajstić information content (AvgIpc) is 2.33. The summed E-state index contributed by atoms with van der Waals surface area (Å²) in [7, 11) is 0. The molecule has 1 aliphatic heterocycles. The van der Waals surface area contributed by atoms with Crippen LogP contribution < -0.4 is 10.6 Å². The van der Waals surface area contributed by atoms with Gasteiger partial charge in [-0.1, -0.05) is 19.9 Å². The van der Waals surface area contributed by atoms with Crippen molar-refractivity contribution < 1.29 is 4.39 Å². The van der Waals surface area contributed by atoms with E-state index in [-0.39, 0.29) is 11.9 Å². The van der Waals surface area contributed by atoms with Crippen molar-refractivity contribution in [3.63, 3.8) is 0 Å². The summed E-state index contributed by atoms with van der Waals surface area (Å²) < 4.78 is 14.3. The van der Waals surface area contributed by atoms with Gasteiger partial charge in [0.15, 0.2) is 0 Å². The van der Waals surface area contributed by atoms with Crippen LogP contribution in [0.5, 0.6) is 0 Å². The third-order valence-electron chi connectivity index (χ3n) is 4.40. The number of rotatable bonds is 2. The van der Waals surface area contributed by atoms with E-state index in [1.807, 2.05) is 19.1 Å². The number of hydrogen-bond acceptors (Lipinski definition) is 2. The molecule has 19 heavy (non-hydrogen) atoms. The summed E-state index contributed by atoms with van der Waals surface area (Å²) in [4.78, 5) is 2.21. The number of nitrogens with two attached hydrogens (primary N) is 1. The van der Waals surface area contributed by atoms with E-state index in [2.05, 4.69) is 25.7 Å². The minimum atomic E-state index is -0.150. The maximum atomic E-state index is 14.3. The van der Waals surface area contributed by atoms with Gasteiger partial charge in [0.25, 0.3) is 0 Å². The zero-order valence-corrected chi connectivity index (χ0v) is 12.4. The maximum Gasteiger partial charge on any atom is 0.146 e. The van der Waals surface area contributed by atoms with Crippen LogP contribution >= 0.6 is 0 Å². The Hall–Kier alpha value is -1.09. The first kappa shape index (κ1) is 14.3. The summed E-state index contributed by atoms with van der Waals surface area (Å²) in [6, 6.07) is 5.66. The van der Waals surface area contributed by atoms with Gasteiger partial charge < -0.3 is 10.6 Å². The van der Waals surface area contributed by atoms with Crippen molar-refractivity contribution in [3.05, 3.63) is 29.6 Å². The Labute approximate surface area is 115 Å². The Kier molecular flexibility index (Phi) is 4.14. The fraction of sp³-hybridized carbons (Fsp3) is 0.625. The summed E-state index contributed by atoms with van der Waals surface area (Å²) in [5.41, 5.74) is 7.37. The van der Waals surface area contributed by atoms with E-state index in [0.29, 0.717) is 17.9 Å². The Balaban J connectivity index is 2.30. The zero-order valence-electron chi connectivity index (χ0n) is 12.4. The van der Waals surface area contributed by atoms with Gasteiger partial charge in [0.1, 0.15) is 5.82 Å². The third kappa shape index (κ3) is 2.92. The molecular formula is C16H25FN2. The number of halogens is 1. The van der Waals surface area contributed by atoms with Gasteiger partial charge in [-0.3, -0.25) is 0 Å². The maximum absolute atomic E-state index is 14.3. The minimum absolute atomic E-state index is 0.125. The third-order valence-corrected chi connectivity index (χ3v) is 4.40. The first-order valence-corrected chi connectivity index (χ1v) is 7.21. The van der Waals surface area contributed by atoms with Gasteiger partial charge in [0.2, 0.25) is 0 Å². The molecule has 1 aromatic carbocycles. The molecule has 1 aliphatic rings. The zero-order chi connectivity index (χ0) is 14.2. The molecule has 1 heterocycles. The summed E-state index contributed by atoms with van der Waals surface area (Å²) in [5, 5.41) is 0. The fourth-order valence-corrected chi connectivity index (χ4v) is 3.07. The summed E-state index contributed by atoms with van der Waals surface area (Å²) >= 11 is 0. The van der Waals surface area contributed by atoms with Crippen LogP contribution in [0.3, 0.4) is 0 Å². The smallest absolute Gasteiger partial charge is 0.146 e. The van der Waals surface area contributed by atoms with Gasteiger partial charge in [0.05, 0.1) is 5.69 Å². The lowest BCUT2D eigenvalue weighted by atomic mass is 9.85. The molecule has 4 atom stereocenters. The van der Waals surface area contributed by atoms with Crippen molar-refractivity contribution in [1.82, 2.24) is 0 Å². The Morgan fingerprint density at radius 1 is 1.32 bits per heavy atom. The lowest BCUT2D eigenvalue weighted by Crippen LogP contribution is -2.46. The Bertz CT molecular complexity index is 444. The van der Waals surface area contributed by atoms with Gasteiger partial charge >= 0.3 is 0 Å². The quantitative estimate of drug-likeness (QED) is 0.882. The lowest BCUT2D eigenvalue weighted by molar-refractivity contribution is 0.295. The number of benzene rings is 1. The molecule has 3 heteroatoms. The molecule has 2 N–H and O–H groups in total. The van der Waals surface area contributed by atoms with Crippen LogP contribution in [-0.4, -0.2) is 12.6 Å². The van der Waals surface area contributed by atoms with E-state index < -0.39 is 0 Å². The SMILES string of the molecule is CC1CC(C)C(C)N(c2ccc([C@@H](C)N)cc2F)C1. The largest absolute Gasteiger partial charge is 0.366 e. The van der Waals surface area contributed by atoms with Crippen LogP contribution in [0.2, 0.25) is 0 Å². The van der Waals surface area contributed by atoms with Crippen LogP contribution in [0.1, 0.15) is 45.7 Å². The normalized spacial score (nSPS) is 29.4. The topological polar surface area (TPSA) is 29.3 Å². The van der Waals surface area contributed by atoms with Crippen molar-refractivity contribution in [2.45, 2.75) is 46.2 Å². The summed E-state index contributed by atoms with van der Waals surface area (Å²) in [5.74, 6) is 1.05. The molecule has 1 fully saturated rings. The van der Waals surface area contributed by atoms with E-state index in [0.717, 1.165) is 17.8 Å². The van der Waals surface area contributed by atoms with E-state index >= 15 is 0 Å². The molecule has 1 saturated heterocycles. The number of nitrogens with zero attached hydrogens (tertiary/aromatic N) is 1. The molecule has 2 nitrogen and oxygen atoms in total. The summed E-state index contributed by atoms with van der Waals surface area (Å²) in [6.45, 7) is 9.49. The highest BCUT2D eigenvalue weighted by Gasteiger charge is 2.30. The van der Waals surface area contributed by atoms with Crippen molar-refractivity contribution in [2.75, 3.05) is 11.4 Å². The minimum Gasteiger partial charge on any atom is -0.366 e. The van der Waals surface area contributed by atoms with E-state index in [9.17, 15) is 4.39 Å². The molecule has 3 unspecified atom stereocenters. The molecule has 2 rings (SSSR count). The van der Waals surface area contributed by atoms with E-state index in [1.165, 1.54) is 6.42 Å².